The van der Waals surface area contributed by atoms with Crippen LogP contribution in [0.25, 0.3) is 0 Å². The van der Waals surface area contributed by atoms with Gasteiger partial charge in [-0.3, -0.25) is 4.79 Å². The van der Waals surface area contributed by atoms with Gasteiger partial charge in [0.25, 0.3) is 0 Å². The fourth-order valence-electron chi connectivity index (χ4n) is 2.73. The zero-order valence-electron chi connectivity index (χ0n) is 11.5. The lowest BCUT2D eigenvalue weighted by Gasteiger charge is -2.21. The molecule has 0 bridgehead atoms. The molecule has 0 heterocycles. The average Bonchev–Trinajstić information content (AvgIpc) is 2.40. The first kappa shape index (κ1) is 13.1. The quantitative estimate of drug-likeness (QED) is 0.750. The van der Waals surface area contributed by atoms with Crippen molar-refractivity contribution in [2.75, 3.05) is 19.0 Å². The van der Waals surface area contributed by atoms with Gasteiger partial charge in [-0.05, 0) is 18.1 Å². The van der Waals surface area contributed by atoms with Crippen LogP contribution in [0.1, 0.15) is 48.9 Å². The van der Waals surface area contributed by atoms with Crippen LogP contribution < -0.4 is 4.90 Å². The fraction of sp³-hybridized carbons (Fsp3) is 0.562. The molecule has 2 heteroatoms. The Balaban J connectivity index is 2.01. The molecule has 0 aliphatic heterocycles. The minimum Gasteiger partial charge on any atom is -0.378 e. The van der Waals surface area contributed by atoms with E-state index in [4.69, 9.17) is 0 Å². The molecule has 0 radical (unpaired) electrons. The highest BCUT2D eigenvalue weighted by atomic mass is 16.1. The highest BCUT2D eigenvalue weighted by molar-refractivity contribution is 5.97. The molecule has 18 heavy (non-hydrogen) atoms. The molecule has 1 fully saturated rings. The van der Waals surface area contributed by atoms with E-state index in [9.17, 15) is 4.79 Å². The molecule has 1 saturated carbocycles. The molecular weight excluding hydrogens is 222 g/mol. The van der Waals surface area contributed by atoms with Gasteiger partial charge in [-0.25, -0.2) is 0 Å². The number of ketones is 1. The number of hydrogen-bond acceptors (Lipinski definition) is 2. The van der Waals surface area contributed by atoms with Crippen LogP contribution in [0.3, 0.4) is 0 Å². The average molecular weight is 245 g/mol. The van der Waals surface area contributed by atoms with Gasteiger partial charge in [0.05, 0.1) is 0 Å². The number of nitrogens with zero attached hydrogens (tertiary/aromatic N) is 1. The Morgan fingerprint density at radius 1 is 1.22 bits per heavy atom. The summed E-state index contributed by atoms with van der Waals surface area (Å²) in [7, 11) is 4.01. The fourth-order valence-corrected chi connectivity index (χ4v) is 2.73. The summed E-state index contributed by atoms with van der Waals surface area (Å²) in [4.78, 5) is 14.3. The Hall–Kier alpha value is -1.31. The largest absolute Gasteiger partial charge is 0.378 e. The molecule has 2 rings (SSSR count). The van der Waals surface area contributed by atoms with Crippen molar-refractivity contribution < 1.29 is 4.79 Å². The van der Waals surface area contributed by atoms with Gasteiger partial charge in [0.15, 0.2) is 5.78 Å². The Labute approximate surface area is 110 Å². The van der Waals surface area contributed by atoms with Gasteiger partial charge in [0.1, 0.15) is 0 Å². The second kappa shape index (κ2) is 6.03. The second-order valence-corrected chi connectivity index (χ2v) is 5.58. The first-order chi connectivity index (χ1) is 8.66. The van der Waals surface area contributed by atoms with Gasteiger partial charge < -0.3 is 4.90 Å². The first-order valence-electron chi connectivity index (χ1n) is 6.97. The molecule has 0 spiro atoms. The van der Waals surface area contributed by atoms with Crippen molar-refractivity contribution in [2.45, 2.75) is 38.5 Å². The van der Waals surface area contributed by atoms with Crippen molar-refractivity contribution in [2.24, 2.45) is 5.92 Å². The topological polar surface area (TPSA) is 20.3 Å². The van der Waals surface area contributed by atoms with Crippen LogP contribution in [0.2, 0.25) is 0 Å². The van der Waals surface area contributed by atoms with E-state index < -0.39 is 0 Å². The van der Waals surface area contributed by atoms with E-state index >= 15 is 0 Å². The van der Waals surface area contributed by atoms with Gasteiger partial charge >= 0.3 is 0 Å². The monoisotopic (exact) mass is 245 g/mol. The summed E-state index contributed by atoms with van der Waals surface area (Å²) < 4.78 is 0. The van der Waals surface area contributed by atoms with Crippen molar-refractivity contribution >= 4 is 11.5 Å². The maximum absolute atomic E-state index is 12.3. The summed E-state index contributed by atoms with van der Waals surface area (Å²) in [5.74, 6) is 0.930. The smallest absolute Gasteiger partial charge is 0.163 e. The van der Waals surface area contributed by atoms with Crippen LogP contribution >= 0.6 is 0 Å². The van der Waals surface area contributed by atoms with Crippen molar-refractivity contribution in [1.29, 1.82) is 0 Å². The normalized spacial score (nSPS) is 16.6. The van der Waals surface area contributed by atoms with Crippen LogP contribution in [-0.4, -0.2) is 19.9 Å². The molecule has 0 N–H and O–H groups in total. The molecule has 0 saturated heterocycles. The summed E-state index contributed by atoms with van der Waals surface area (Å²) in [5, 5.41) is 0. The Kier molecular flexibility index (Phi) is 4.40. The zero-order valence-corrected chi connectivity index (χ0v) is 11.5. The number of anilines is 1. The van der Waals surface area contributed by atoms with Gasteiger partial charge in [-0.1, -0.05) is 44.2 Å². The summed E-state index contributed by atoms with van der Waals surface area (Å²) in [6.45, 7) is 0. The lowest BCUT2D eigenvalue weighted by atomic mass is 9.85. The van der Waals surface area contributed by atoms with Crippen LogP contribution in [0.4, 0.5) is 5.69 Å². The van der Waals surface area contributed by atoms with Gasteiger partial charge in [0.2, 0.25) is 0 Å². The van der Waals surface area contributed by atoms with Crippen molar-refractivity contribution in [3.63, 3.8) is 0 Å². The van der Waals surface area contributed by atoms with Crippen LogP contribution in [0, 0.1) is 5.92 Å². The molecular formula is C16H23NO. The summed E-state index contributed by atoms with van der Waals surface area (Å²) >= 11 is 0. The third-order valence-electron chi connectivity index (χ3n) is 3.88. The number of benzene rings is 1. The van der Waals surface area contributed by atoms with Crippen LogP contribution in [0.5, 0.6) is 0 Å². The van der Waals surface area contributed by atoms with Crippen molar-refractivity contribution in [3.05, 3.63) is 29.8 Å². The van der Waals surface area contributed by atoms with E-state index in [2.05, 4.69) is 0 Å². The van der Waals surface area contributed by atoms with Gasteiger partial charge in [0, 0.05) is 31.8 Å². The van der Waals surface area contributed by atoms with Crippen molar-refractivity contribution in [3.8, 4) is 0 Å². The molecule has 1 aromatic carbocycles. The molecule has 0 aromatic heterocycles. The molecule has 98 valence electrons. The number of hydrogen-bond donors (Lipinski definition) is 0. The van der Waals surface area contributed by atoms with Crippen LogP contribution in [-0.2, 0) is 0 Å². The Morgan fingerprint density at radius 3 is 2.61 bits per heavy atom. The molecule has 1 aromatic rings. The molecule has 1 aliphatic carbocycles. The Morgan fingerprint density at radius 2 is 1.94 bits per heavy atom. The van der Waals surface area contributed by atoms with E-state index in [0.717, 1.165) is 17.7 Å². The summed E-state index contributed by atoms with van der Waals surface area (Å²) in [6.07, 6.45) is 7.15. The summed E-state index contributed by atoms with van der Waals surface area (Å²) in [6, 6.07) is 7.96. The zero-order chi connectivity index (χ0) is 13.0. The molecule has 0 atom stereocenters. The van der Waals surface area contributed by atoms with E-state index in [1.54, 1.807) is 0 Å². The van der Waals surface area contributed by atoms with Crippen LogP contribution in [0.15, 0.2) is 24.3 Å². The molecule has 0 unspecified atom stereocenters. The summed E-state index contributed by atoms with van der Waals surface area (Å²) in [5.41, 5.74) is 1.97. The standard InChI is InChI=1S/C16H23NO/c1-17(2)15-10-6-9-14(12-15)16(18)11-13-7-4-3-5-8-13/h6,9-10,12-13H,3-5,7-8,11H2,1-2H3. The predicted molar refractivity (Wildman–Crippen MR) is 76.3 cm³/mol. The number of carbonyl (C=O) groups is 1. The third-order valence-corrected chi connectivity index (χ3v) is 3.88. The van der Waals surface area contributed by atoms with E-state index in [0.29, 0.717) is 11.7 Å². The van der Waals surface area contributed by atoms with E-state index in [1.165, 1.54) is 32.1 Å². The minimum absolute atomic E-state index is 0.311. The minimum atomic E-state index is 0.311. The first-order valence-corrected chi connectivity index (χ1v) is 6.97. The maximum Gasteiger partial charge on any atom is 0.163 e. The number of carbonyl (C=O) groups excluding carboxylic acids is 1. The van der Waals surface area contributed by atoms with Crippen molar-refractivity contribution in [1.82, 2.24) is 0 Å². The third kappa shape index (κ3) is 3.34. The van der Waals surface area contributed by atoms with Gasteiger partial charge in [-0.15, -0.1) is 0 Å². The Bertz CT molecular complexity index is 405. The molecule has 1 aliphatic rings. The molecule has 2 nitrogen and oxygen atoms in total. The lowest BCUT2D eigenvalue weighted by molar-refractivity contribution is 0.0950. The lowest BCUT2D eigenvalue weighted by Crippen LogP contribution is -2.13. The maximum atomic E-state index is 12.3. The van der Waals surface area contributed by atoms with E-state index in [1.807, 2.05) is 43.3 Å². The SMILES string of the molecule is CN(C)c1cccc(C(=O)CC2CCCCC2)c1. The second-order valence-electron chi connectivity index (χ2n) is 5.58. The number of Topliss-reactive ketones (excluding diaryl/α,β-unsaturated/α-hetero) is 1. The van der Waals surface area contributed by atoms with Gasteiger partial charge in [-0.2, -0.15) is 0 Å². The highest BCUT2D eigenvalue weighted by Gasteiger charge is 2.18. The molecule has 0 amide bonds. The number of rotatable bonds is 4. The highest BCUT2D eigenvalue weighted by Crippen LogP contribution is 2.28. The van der Waals surface area contributed by atoms with E-state index in [-0.39, 0.29) is 0 Å². The predicted octanol–water partition coefficient (Wildman–Crippen LogP) is 3.91.